The summed E-state index contributed by atoms with van der Waals surface area (Å²) in [6.07, 6.45) is 8.57. The van der Waals surface area contributed by atoms with Crippen LogP contribution in [0.4, 0.5) is 10.5 Å². The van der Waals surface area contributed by atoms with Crippen LogP contribution in [0.1, 0.15) is 31.7 Å². The van der Waals surface area contributed by atoms with Gasteiger partial charge in [0.1, 0.15) is 0 Å². The maximum atomic E-state index is 13.2. The van der Waals surface area contributed by atoms with Crippen LogP contribution in [0.3, 0.4) is 0 Å². The zero-order valence-electron chi connectivity index (χ0n) is 17.6. The van der Waals surface area contributed by atoms with E-state index >= 15 is 0 Å². The molecule has 2 aliphatic rings. The fourth-order valence-corrected chi connectivity index (χ4v) is 5.43. The average molecular weight is 406 g/mol. The number of methoxy groups -OCH3 is 1. The van der Waals surface area contributed by atoms with Gasteiger partial charge in [-0.15, -0.1) is 0 Å². The van der Waals surface area contributed by atoms with Crippen molar-refractivity contribution in [3.8, 4) is 11.3 Å². The van der Waals surface area contributed by atoms with Crippen molar-refractivity contribution in [1.82, 2.24) is 19.5 Å². The van der Waals surface area contributed by atoms with Gasteiger partial charge in [0.25, 0.3) is 0 Å². The summed E-state index contributed by atoms with van der Waals surface area (Å²) in [6.45, 7) is 4.90. The summed E-state index contributed by atoms with van der Waals surface area (Å²) in [5.74, 6) is 0.622. The molecule has 2 aromatic heterocycles. The van der Waals surface area contributed by atoms with Crippen LogP contribution in [0.2, 0.25) is 0 Å². The van der Waals surface area contributed by atoms with E-state index in [2.05, 4.69) is 22.3 Å². The van der Waals surface area contributed by atoms with Crippen molar-refractivity contribution in [1.29, 1.82) is 0 Å². The number of amides is 2. The number of likely N-dealkylation sites (tertiary alicyclic amines) is 1. The van der Waals surface area contributed by atoms with E-state index in [1.165, 1.54) is 0 Å². The summed E-state index contributed by atoms with van der Waals surface area (Å²) in [5.41, 5.74) is 4.45. The SMILES string of the molecule is COCC12C[C@H](C)C[C@H](C1)N2C(=O)Nc1ccc(C)c(-c2cn3nccc3cn2)c1. The lowest BCUT2D eigenvalue weighted by atomic mass is 9.65. The van der Waals surface area contributed by atoms with Crippen LogP contribution in [-0.4, -0.2) is 50.8 Å². The molecule has 1 unspecified atom stereocenters. The van der Waals surface area contributed by atoms with Crippen LogP contribution < -0.4 is 5.32 Å². The van der Waals surface area contributed by atoms with Crippen molar-refractivity contribution < 1.29 is 9.53 Å². The molecule has 30 heavy (non-hydrogen) atoms. The predicted molar refractivity (Wildman–Crippen MR) is 115 cm³/mol. The fraction of sp³-hybridized carbons (Fsp3) is 0.435. The van der Waals surface area contributed by atoms with Gasteiger partial charge in [-0.05, 0) is 55.9 Å². The number of hydrogen-bond donors (Lipinski definition) is 1. The van der Waals surface area contributed by atoms with Crippen LogP contribution in [0.25, 0.3) is 16.8 Å². The van der Waals surface area contributed by atoms with Gasteiger partial charge >= 0.3 is 6.03 Å². The second-order valence-electron chi connectivity index (χ2n) is 8.86. The maximum absolute atomic E-state index is 13.2. The number of urea groups is 1. The first-order valence-corrected chi connectivity index (χ1v) is 10.5. The van der Waals surface area contributed by atoms with E-state index in [0.717, 1.165) is 47.3 Å². The molecule has 1 N–H and O–H groups in total. The molecular weight excluding hydrogens is 378 g/mol. The summed E-state index contributed by atoms with van der Waals surface area (Å²) >= 11 is 0. The van der Waals surface area contributed by atoms with Gasteiger partial charge in [0.15, 0.2) is 0 Å². The van der Waals surface area contributed by atoms with Crippen LogP contribution in [0.15, 0.2) is 42.9 Å². The van der Waals surface area contributed by atoms with Crippen molar-refractivity contribution >= 4 is 17.2 Å². The molecule has 5 rings (SSSR count). The number of fused-ring (bicyclic) bond motifs is 3. The lowest BCUT2D eigenvalue weighted by molar-refractivity contribution is -0.122. The second-order valence-corrected chi connectivity index (χ2v) is 8.86. The smallest absolute Gasteiger partial charge is 0.322 e. The fourth-order valence-electron chi connectivity index (χ4n) is 5.43. The van der Waals surface area contributed by atoms with E-state index < -0.39 is 0 Å². The monoisotopic (exact) mass is 405 g/mol. The maximum Gasteiger partial charge on any atom is 0.322 e. The molecule has 2 bridgehead atoms. The first-order chi connectivity index (χ1) is 14.5. The van der Waals surface area contributed by atoms with Crippen LogP contribution >= 0.6 is 0 Å². The number of aryl methyl sites for hydroxylation is 1. The molecule has 1 aliphatic heterocycles. The molecule has 7 heteroatoms. The van der Waals surface area contributed by atoms with Crippen LogP contribution in [0.5, 0.6) is 0 Å². The van der Waals surface area contributed by atoms with Gasteiger partial charge in [-0.3, -0.25) is 4.98 Å². The minimum Gasteiger partial charge on any atom is -0.382 e. The molecule has 3 aromatic rings. The quantitative estimate of drug-likeness (QED) is 0.709. The van der Waals surface area contributed by atoms with E-state index in [1.54, 1.807) is 13.3 Å². The number of ether oxygens (including phenoxy) is 1. The third-order valence-corrected chi connectivity index (χ3v) is 6.57. The van der Waals surface area contributed by atoms with Crippen molar-refractivity contribution in [2.24, 2.45) is 5.92 Å². The predicted octanol–water partition coefficient (Wildman–Crippen LogP) is 4.13. The van der Waals surface area contributed by atoms with E-state index in [9.17, 15) is 4.79 Å². The van der Waals surface area contributed by atoms with Gasteiger partial charge < -0.3 is 15.0 Å². The number of carbonyl (C=O) groups excluding carboxylic acids is 1. The molecule has 2 fully saturated rings. The number of rotatable bonds is 4. The Morgan fingerprint density at radius 2 is 2.20 bits per heavy atom. The van der Waals surface area contributed by atoms with Crippen LogP contribution in [-0.2, 0) is 4.74 Å². The number of nitrogens with one attached hydrogen (secondary N) is 1. The van der Waals surface area contributed by atoms with E-state index in [1.807, 2.05) is 53.0 Å². The summed E-state index contributed by atoms with van der Waals surface area (Å²) in [6, 6.07) is 8.14. The molecule has 3 heterocycles. The molecule has 7 nitrogen and oxygen atoms in total. The molecule has 0 spiro atoms. The number of aromatic nitrogens is 3. The van der Waals surface area contributed by atoms with Crippen molar-refractivity contribution in [2.45, 2.75) is 44.7 Å². The molecule has 1 saturated heterocycles. The Labute approximate surface area is 176 Å². The molecule has 0 radical (unpaired) electrons. The Morgan fingerprint density at radius 3 is 3.03 bits per heavy atom. The standard InChI is InChI=1S/C23H27N5O2/c1-15-8-19-11-23(10-15,14-30-3)28(19)22(29)26-17-5-4-16(2)20(9-17)21-13-27-18(12-24-21)6-7-25-27/h4-7,9,12-13,15,19H,8,10-11,14H2,1-3H3,(H,26,29)/t15-,19-,23?/m1/s1. The Bertz CT molecular complexity index is 1110. The molecular formula is C23H27N5O2. The third-order valence-electron chi connectivity index (χ3n) is 6.57. The lowest BCUT2D eigenvalue weighted by Gasteiger charge is -2.63. The first kappa shape index (κ1) is 19.1. The Balaban J connectivity index is 1.40. The molecule has 1 aliphatic carbocycles. The summed E-state index contributed by atoms with van der Waals surface area (Å²) in [5, 5.41) is 7.42. The number of carbonyl (C=O) groups is 1. The molecule has 2 amide bonds. The summed E-state index contributed by atoms with van der Waals surface area (Å²) < 4.78 is 7.29. The van der Waals surface area contributed by atoms with Gasteiger partial charge in [-0.1, -0.05) is 13.0 Å². The highest BCUT2D eigenvalue weighted by atomic mass is 16.5. The number of nitrogens with zero attached hydrogens (tertiary/aromatic N) is 4. The van der Waals surface area contributed by atoms with Gasteiger partial charge in [0.2, 0.25) is 0 Å². The molecule has 156 valence electrons. The Hall–Kier alpha value is -2.93. The van der Waals surface area contributed by atoms with E-state index in [0.29, 0.717) is 18.6 Å². The number of piperidine rings is 1. The number of hydrogen-bond acceptors (Lipinski definition) is 4. The minimum atomic E-state index is -0.165. The summed E-state index contributed by atoms with van der Waals surface area (Å²) in [7, 11) is 1.72. The van der Waals surface area contributed by atoms with Gasteiger partial charge in [0, 0.05) is 24.4 Å². The Morgan fingerprint density at radius 1 is 1.33 bits per heavy atom. The topological polar surface area (TPSA) is 71.8 Å². The highest BCUT2D eigenvalue weighted by Gasteiger charge is 2.58. The highest BCUT2D eigenvalue weighted by molar-refractivity contribution is 5.92. The molecule has 1 saturated carbocycles. The Kier molecular flexibility index (Phi) is 4.50. The molecule has 1 aromatic carbocycles. The number of benzene rings is 1. The average Bonchev–Trinajstić information content (AvgIpc) is 3.16. The van der Waals surface area contributed by atoms with Crippen molar-refractivity contribution in [2.75, 3.05) is 19.0 Å². The van der Waals surface area contributed by atoms with Gasteiger partial charge in [-0.2, -0.15) is 5.10 Å². The number of anilines is 1. The zero-order chi connectivity index (χ0) is 20.9. The highest BCUT2D eigenvalue weighted by Crippen LogP contribution is 2.50. The lowest BCUT2D eigenvalue weighted by Crippen LogP contribution is -2.74. The van der Waals surface area contributed by atoms with Crippen LogP contribution in [0, 0.1) is 12.8 Å². The first-order valence-electron chi connectivity index (χ1n) is 10.5. The molecule has 3 atom stereocenters. The van der Waals surface area contributed by atoms with E-state index in [-0.39, 0.29) is 11.6 Å². The van der Waals surface area contributed by atoms with E-state index in [4.69, 9.17) is 4.74 Å². The second kappa shape index (κ2) is 7.09. The summed E-state index contributed by atoms with van der Waals surface area (Å²) in [4.78, 5) is 19.8. The third kappa shape index (κ3) is 3.04. The normalized spacial score (nSPS) is 25.2. The van der Waals surface area contributed by atoms with Gasteiger partial charge in [-0.25, -0.2) is 9.31 Å². The largest absolute Gasteiger partial charge is 0.382 e. The van der Waals surface area contributed by atoms with Gasteiger partial charge in [0.05, 0.1) is 41.9 Å². The van der Waals surface area contributed by atoms with Crippen molar-refractivity contribution in [3.05, 3.63) is 48.4 Å². The van der Waals surface area contributed by atoms with Crippen molar-refractivity contribution in [3.63, 3.8) is 0 Å². The zero-order valence-corrected chi connectivity index (χ0v) is 17.6. The minimum absolute atomic E-state index is 0.0412.